The van der Waals surface area contributed by atoms with Gasteiger partial charge in [-0.1, -0.05) is 42.8 Å². The molecule has 0 aliphatic carbocycles. The standard InChI is InChI=1S/C24H31FN2O3/c1-6-18(4)26-24(29)19(5)27(14-20-9-7-8-10-21(20)25)23(28)15-30-22-12-11-16(2)13-17(22)3/h7-13,18-19H,6,14-15H2,1-5H3,(H,26,29)/t18-,19+/m0/s1. The maximum atomic E-state index is 14.2. The highest BCUT2D eigenvalue weighted by Crippen LogP contribution is 2.19. The van der Waals surface area contributed by atoms with Gasteiger partial charge in [-0.05, 0) is 51.8 Å². The Kier molecular flexibility index (Phi) is 8.39. The Bertz CT molecular complexity index is 885. The van der Waals surface area contributed by atoms with Crippen molar-refractivity contribution in [2.75, 3.05) is 6.61 Å². The third kappa shape index (κ3) is 6.31. The van der Waals surface area contributed by atoms with Crippen LogP contribution in [0.3, 0.4) is 0 Å². The Hall–Kier alpha value is -2.89. The normalized spacial score (nSPS) is 12.7. The van der Waals surface area contributed by atoms with E-state index in [9.17, 15) is 14.0 Å². The van der Waals surface area contributed by atoms with Gasteiger partial charge in [-0.15, -0.1) is 0 Å². The van der Waals surface area contributed by atoms with Gasteiger partial charge in [-0.3, -0.25) is 9.59 Å². The molecule has 0 heterocycles. The zero-order valence-corrected chi connectivity index (χ0v) is 18.4. The van der Waals surface area contributed by atoms with Gasteiger partial charge in [-0.2, -0.15) is 0 Å². The van der Waals surface area contributed by atoms with Gasteiger partial charge >= 0.3 is 0 Å². The molecule has 1 N–H and O–H groups in total. The molecule has 2 amide bonds. The van der Waals surface area contributed by atoms with Crippen LogP contribution in [0.4, 0.5) is 4.39 Å². The molecular formula is C24H31FN2O3. The highest BCUT2D eigenvalue weighted by Gasteiger charge is 2.28. The highest BCUT2D eigenvalue weighted by molar-refractivity contribution is 5.88. The van der Waals surface area contributed by atoms with Crippen LogP contribution in [0, 0.1) is 19.7 Å². The summed E-state index contributed by atoms with van der Waals surface area (Å²) in [4.78, 5) is 27.0. The van der Waals surface area contributed by atoms with E-state index in [2.05, 4.69) is 5.32 Å². The van der Waals surface area contributed by atoms with Gasteiger partial charge in [0.1, 0.15) is 17.6 Å². The first-order chi connectivity index (χ1) is 14.2. The molecule has 162 valence electrons. The van der Waals surface area contributed by atoms with Crippen LogP contribution in [-0.4, -0.2) is 35.4 Å². The largest absolute Gasteiger partial charge is 0.483 e. The number of nitrogens with one attached hydrogen (secondary N) is 1. The fourth-order valence-corrected chi connectivity index (χ4v) is 3.04. The van der Waals surface area contributed by atoms with Crippen molar-refractivity contribution in [2.24, 2.45) is 0 Å². The Morgan fingerprint density at radius 3 is 2.47 bits per heavy atom. The predicted molar refractivity (Wildman–Crippen MR) is 116 cm³/mol. The van der Waals surface area contributed by atoms with E-state index >= 15 is 0 Å². The third-order valence-electron chi connectivity index (χ3n) is 5.15. The summed E-state index contributed by atoms with van der Waals surface area (Å²) in [7, 11) is 0. The Morgan fingerprint density at radius 2 is 1.83 bits per heavy atom. The summed E-state index contributed by atoms with van der Waals surface area (Å²) in [6, 6.07) is 11.2. The summed E-state index contributed by atoms with van der Waals surface area (Å²) in [5.41, 5.74) is 2.37. The molecule has 0 fully saturated rings. The maximum absolute atomic E-state index is 14.2. The minimum atomic E-state index is -0.770. The van der Waals surface area contributed by atoms with Crippen molar-refractivity contribution < 1.29 is 18.7 Å². The molecule has 0 bridgehead atoms. The lowest BCUT2D eigenvalue weighted by Gasteiger charge is -2.29. The average Bonchev–Trinajstić information content (AvgIpc) is 2.71. The third-order valence-corrected chi connectivity index (χ3v) is 5.15. The fraction of sp³-hybridized carbons (Fsp3) is 0.417. The first-order valence-corrected chi connectivity index (χ1v) is 10.3. The number of amides is 2. The molecule has 30 heavy (non-hydrogen) atoms. The summed E-state index contributed by atoms with van der Waals surface area (Å²) >= 11 is 0. The monoisotopic (exact) mass is 414 g/mol. The van der Waals surface area contributed by atoms with Crippen LogP contribution in [0.15, 0.2) is 42.5 Å². The molecule has 5 nitrogen and oxygen atoms in total. The molecule has 0 aliphatic rings. The number of hydrogen-bond donors (Lipinski definition) is 1. The first-order valence-electron chi connectivity index (χ1n) is 10.3. The second-order valence-electron chi connectivity index (χ2n) is 7.66. The van der Waals surface area contributed by atoms with E-state index in [-0.39, 0.29) is 31.0 Å². The van der Waals surface area contributed by atoms with E-state index in [0.29, 0.717) is 11.3 Å². The van der Waals surface area contributed by atoms with Crippen molar-refractivity contribution in [3.05, 3.63) is 65.0 Å². The molecule has 0 aromatic heterocycles. The summed E-state index contributed by atoms with van der Waals surface area (Å²) in [5.74, 6) is -0.470. The van der Waals surface area contributed by atoms with Crippen LogP contribution in [0.5, 0.6) is 5.75 Å². The van der Waals surface area contributed by atoms with Gasteiger partial charge < -0.3 is 15.0 Å². The molecule has 0 saturated carbocycles. The van der Waals surface area contributed by atoms with Gasteiger partial charge in [-0.25, -0.2) is 4.39 Å². The van der Waals surface area contributed by atoms with Crippen LogP contribution < -0.4 is 10.1 Å². The lowest BCUT2D eigenvalue weighted by atomic mass is 10.1. The van der Waals surface area contributed by atoms with Crippen molar-refractivity contribution >= 4 is 11.8 Å². The van der Waals surface area contributed by atoms with E-state index in [1.165, 1.54) is 11.0 Å². The number of aryl methyl sites for hydroxylation is 2. The van der Waals surface area contributed by atoms with Crippen LogP contribution in [0.1, 0.15) is 43.9 Å². The molecule has 2 aromatic carbocycles. The molecule has 0 spiro atoms. The van der Waals surface area contributed by atoms with Crippen LogP contribution in [0.25, 0.3) is 0 Å². The number of hydrogen-bond acceptors (Lipinski definition) is 3. The van der Waals surface area contributed by atoms with Crippen LogP contribution in [0.2, 0.25) is 0 Å². The molecule has 2 rings (SSSR count). The number of nitrogens with zero attached hydrogens (tertiary/aromatic N) is 1. The predicted octanol–water partition coefficient (Wildman–Crippen LogP) is 4.15. The summed E-state index contributed by atoms with van der Waals surface area (Å²) in [6.07, 6.45) is 0.773. The summed E-state index contributed by atoms with van der Waals surface area (Å²) in [6.45, 7) is 9.15. The lowest BCUT2D eigenvalue weighted by molar-refractivity contribution is -0.142. The molecule has 6 heteroatoms. The Morgan fingerprint density at radius 1 is 1.13 bits per heavy atom. The van der Waals surface area contributed by atoms with E-state index in [1.54, 1.807) is 25.1 Å². The molecule has 0 saturated heterocycles. The number of rotatable bonds is 9. The zero-order chi connectivity index (χ0) is 22.3. The SMILES string of the molecule is CC[C@H](C)NC(=O)[C@@H](C)N(Cc1ccccc1F)C(=O)COc1ccc(C)cc1C. The molecule has 2 aromatic rings. The summed E-state index contributed by atoms with van der Waals surface area (Å²) in [5, 5.41) is 2.89. The second kappa shape index (κ2) is 10.8. The Balaban J connectivity index is 2.19. The second-order valence-corrected chi connectivity index (χ2v) is 7.66. The number of halogens is 1. The fourth-order valence-electron chi connectivity index (χ4n) is 3.04. The summed E-state index contributed by atoms with van der Waals surface area (Å²) < 4.78 is 19.9. The van der Waals surface area contributed by atoms with Crippen molar-refractivity contribution in [2.45, 2.75) is 59.7 Å². The van der Waals surface area contributed by atoms with Crippen molar-refractivity contribution in [3.63, 3.8) is 0 Å². The molecule has 2 atom stereocenters. The minimum Gasteiger partial charge on any atom is -0.483 e. The van der Waals surface area contributed by atoms with E-state index in [1.807, 2.05) is 45.9 Å². The number of carbonyl (C=O) groups excluding carboxylic acids is 2. The zero-order valence-electron chi connectivity index (χ0n) is 18.4. The van der Waals surface area contributed by atoms with Gasteiger partial charge in [0, 0.05) is 18.2 Å². The number of carbonyl (C=O) groups is 2. The molecule has 0 unspecified atom stereocenters. The number of ether oxygens (including phenoxy) is 1. The molecule has 0 radical (unpaired) electrons. The molecule has 0 aliphatic heterocycles. The topological polar surface area (TPSA) is 58.6 Å². The van der Waals surface area contributed by atoms with Gasteiger partial charge in [0.05, 0.1) is 0 Å². The lowest BCUT2D eigenvalue weighted by Crippen LogP contribution is -2.50. The first kappa shape index (κ1) is 23.4. The van der Waals surface area contributed by atoms with Crippen molar-refractivity contribution in [1.29, 1.82) is 0 Å². The van der Waals surface area contributed by atoms with E-state index in [0.717, 1.165) is 17.5 Å². The smallest absolute Gasteiger partial charge is 0.261 e. The number of benzene rings is 2. The molecular weight excluding hydrogens is 383 g/mol. The van der Waals surface area contributed by atoms with Gasteiger partial charge in [0.25, 0.3) is 5.91 Å². The van der Waals surface area contributed by atoms with E-state index < -0.39 is 11.9 Å². The van der Waals surface area contributed by atoms with Gasteiger partial charge in [0.2, 0.25) is 5.91 Å². The van der Waals surface area contributed by atoms with Crippen molar-refractivity contribution in [3.8, 4) is 5.75 Å². The quantitative estimate of drug-likeness (QED) is 0.671. The minimum absolute atomic E-state index is 0.0168. The highest BCUT2D eigenvalue weighted by atomic mass is 19.1. The maximum Gasteiger partial charge on any atom is 0.261 e. The van der Waals surface area contributed by atoms with Gasteiger partial charge in [0.15, 0.2) is 6.61 Å². The van der Waals surface area contributed by atoms with E-state index in [4.69, 9.17) is 4.74 Å². The Labute approximate surface area is 178 Å². The van der Waals surface area contributed by atoms with Crippen LogP contribution >= 0.6 is 0 Å². The van der Waals surface area contributed by atoms with Crippen LogP contribution in [-0.2, 0) is 16.1 Å². The van der Waals surface area contributed by atoms with Crippen molar-refractivity contribution in [1.82, 2.24) is 10.2 Å². The average molecular weight is 415 g/mol.